The van der Waals surface area contributed by atoms with E-state index in [4.69, 9.17) is 0 Å². The molecule has 1 saturated carbocycles. The molecule has 0 unspecified atom stereocenters. The van der Waals surface area contributed by atoms with Gasteiger partial charge in [-0.3, -0.25) is 4.98 Å². The summed E-state index contributed by atoms with van der Waals surface area (Å²) in [4.78, 5) is 4.43. The maximum atomic E-state index is 10.5. The normalized spacial score (nSPS) is 19.1. The second-order valence-corrected chi connectivity index (χ2v) is 6.89. The number of hydrogen-bond acceptors (Lipinski definition) is 2. The number of nitrogens with zero attached hydrogens (tertiary/aromatic N) is 1. The molecule has 2 heteroatoms. The van der Waals surface area contributed by atoms with Crippen LogP contribution in [-0.2, 0) is 0 Å². The molecule has 1 fully saturated rings. The number of aliphatic hydroxyl groups is 1. The van der Waals surface area contributed by atoms with Crippen molar-refractivity contribution >= 4 is 5.57 Å². The molecule has 1 N–H and O–H groups in total. The predicted molar refractivity (Wildman–Crippen MR) is 99.4 cm³/mol. The Balaban J connectivity index is 1.58. The van der Waals surface area contributed by atoms with Crippen molar-refractivity contribution in [3.63, 3.8) is 0 Å². The van der Waals surface area contributed by atoms with E-state index in [1.807, 2.05) is 42.5 Å². The van der Waals surface area contributed by atoms with Gasteiger partial charge in [0.15, 0.2) is 0 Å². The van der Waals surface area contributed by atoms with Gasteiger partial charge in [-0.2, -0.15) is 0 Å². The van der Waals surface area contributed by atoms with E-state index in [9.17, 15) is 5.11 Å². The van der Waals surface area contributed by atoms with Crippen LogP contribution in [0.15, 0.2) is 54.4 Å². The largest absolute Gasteiger partial charge is 0.388 e. The summed E-state index contributed by atoms with van der Waals surface area (Å²) in [7, 11) is 0. The standard InChI is InChI=1S/C22H27NO/c24-22(14-8-11-18-9-4-3-5-10-18)20-15-16-23-21(17-20)19-12-6-1-2-7-13-19/h1-2,6-7,12,15-18,22,24H,3-5,8-11,14H2/t22-/m0/s1. The van der Waals surface area contributed by atoms with Gasteiger partial charge >= 0.3 is 0 Å². The van der Waals surface area contributed by atoms with Crippen LogP contribution in [0.3, 0.4) is 0 Å². The van der Waals surface area contributed by atoms with Gasteiger partial charge in [-0.25, -0.2) is 0 Å². The smallest absolute Gasteiger partial charge is 0.0791 e. The number of aliphatic hydroxyl groups excluding tert-OH is 1. The first-order valence-electron chi connectivity index (χ1n) is 9.27. The Labute approximate surface area is 145 Å². The zero-order chi connectivity index (χ0) is 16.6. The van der Waals surface area contributed by atoms with Gasteiger partial charge < -0.3 is 5.11 Å². The van der Waals surface area contributed by atoms with Gasteiger partial charge in [0.05, 0.1) is 11.8 Å². The summed E-state index contributed by atoms with van der Waals surface area (Å²) in [6.45, 7) is 0. The minimum atomic E-state index is -0.396. The Hall–Kier alpha value is -1.89. The second kappa shape index (κ2) is 8.82. The van der Waals surface area contributed by atoms with Gasteiger partial charge in [-0.1, -0.05) is 63.2 Å². The summed E-state index contributed by atoms with van der Waals surface area (Å²) in [5.41, 5.74) is 6.01. The van der Waals surface area contributed by atoms with Crippen LogP contribution in [0.4, 0.5) is 0 Å². The highest BCUT2D eigenvalue weighted by Gasteiger charge is 2.15. The van der Waals surface area contributed by atoms with Crippen LogP contribution in [0.2, 0.25) is 0 Å². The number of aromatic nitrogens is 1. The average Bonchev–Trinajstić information content (AvgIpc) is 2.92. The zero-order valence-corrected chi connectivity index (χ0v) is 14.3. The molecular weight excluding hydrogens is 294 g/mol. The number of pyridine rings is 1. The molecular formula is C22H27NO. The van der Waals surface area contributed by atoms with E-state index in [0.717, 1.165) is 35.6 Å². The molecule has 2 nitrogen and oxygen atoms in total. The van der Waals surface area contributed by atoms with Gasteiger partial charge in [-0.15, -0.1) is 5.73 Å². The number of allylic oxidation sites excluding steroid dienone is 5. The van der Waals surface area contributed by atoms with Crippen molar-refractivity contribution in [2.45, 2.75) is 57.5 Å². The van der Waals surface area contributed by atoms with Crippen molar-refractivity contribution < 1.29 is 5.11 Å². The van der Waals surface area contributed by atoms with E-state index < -0.39 is 6.10 Å². The lowest BCUT2D eigenvalue weighted by Crippen LogP contribution is -2.07. The lowest BCUT2D eigenvalue weighted by molar-refractivity contribution is 0.159. The van der Waals surface area contributed by atoms with Crippen molar-refractivity contribution in [3.8, 4) is 0 Å². The molecule has 0 radical (unpaired) electrons. The Morgan fingerprint density at radius 1 is 1.17 bits per heavy atom. The molecule has 24 heavy (non-hydrogen) atoms. The van der Waals surface area contributed by atoms with Crippen molar-refractivity contribution in [1.82, 2.24) is 4.98 Å². The van der Waals surface area contributed by atoms with Crippen molar-refractivity contribution in [3.05, 3.63) is 65.7 Å². The van der Waals surface area contributed by atoms with E-state index in [2.05, 4.69) is 10.7 Å². The molecule has 3 rings (SSSR count). The third-order valence-corrected chi connectivity index (χ3v) is 5.08. The first-order valence-corrected chi connectivity index (χ1v) is 9.27. The van der Waals surface area contributed by atoms with Crippen LogP contribution >= 0.6 is 0 Å². The van der Waals surface area contributed by atoms with Crippen molar-refractivity contribution in [1.29, 1.82) is 0 Å². The molecule has 0 spiro atoms. The molecule has 1 heterocycles. The molecule has 2 aliphatic rings. The summed E-state index contributed by atoms with van der Waals surface area (Å²) in [6.07, 6.45) is 21.4. The average molecular weight is 321 g/mol. The molecule has 1 atom stereocenters. The van der Waals surface area contributed by atoms with Gasteiger partial charge in [-0.05, 0) is 42.2 Å². The van der Waals surface area contributed by atoms with Gasteiger partial charge in [0.1, 0.15) is 0 Å². The van der Waals surface area contributed by atoms with Crippen LogP contribution in [0.5, 0.6) is 0 Å². The highest BCUT2D eigenvalue weighted by atomic mass is 16.3. The molecule has 0 bridgehead atoms. The summed E-state index contributed by atoms with van der Waals surface area (Å²) in [5.74, 6) is 0.887. The van der Waals surface area contributed by atoms with Crippen LogP contribution in [0.25, 0.3) is 5.57 Å². The molecule has 0 saturated heterocycles. The molecule has 0 amide bonds. The minimum Gasteiger partial charge on any atom is -0.388 e. The van der Waals surface area contributed by atoms with Gasteiger partial charge in [0, 0.05) is 11.8 Å². The molecule has 0 aromatic carbocycles. The van der Waals surface area contributed by atoms with Gasteiger partial charge in [0.25, 0.3) is 0 Å². The third kappa shape index (κ3) is 4.80. The van der Waals surface area contributed by atoms with E-state index >= 15 is 0 Å². The summed E-state index contributed by atoms with van der Waals surface area (Å²) in [5, 5.41) is 10.5. The lowest BCUT2D eigenvalue weighted by atomic mass is 9.85. The quantitative estimate of drug-likeness (QED) is 0.699. The van der Waals surface area contributed by atoms with E-state index in [1.165, 1.54) is 38.5 Å². The Kier molecular flexibility index (Phi) is 6.23. The molecule has 126 valence electrons. The van der Waals surface area contributed by atoms with Crippen LogP contribution in [0, 0.1) is 5.92 Å². The van der Waals surface area contributed by atoms with Crippen molar-refractivity contribution in [2.75, 3.05) is 0 Å². The molecule has 0 aliphatic heterocycles. The summed E-state index contributed by atoms with van der Waals surface area (Å²) in [6, 6.07) is 3.93. The predicted octanol–water partition coefficient (Wildman–Crippen LogP) is 5.53. The fraction of sp³-hybridized carbons (Fsp3) is 0.455. The first-order chi connectivity index (χ1) is 11.8. The van der Waals surface area contributed by atoms with E-state index in [0.29, 0.717) is 0 Å². The van der Waals surface area contributed by atoms with Crippen LogP contribution < -0.4 is 0 Å². The van der Waals surface area contributed by atoms with Crippen LogP contribution in [-0.4, -0.2) is 10.1 Å². The fourth-order valence-corrected chi connectivity index (χ4v) is 3.66. The SMILES string of the molecule is O[C@@H](CCCC1CCCCC1)c1ccnc(C2=C=CC=CC=C2)c1. The van der Waals surface area contributed by atoms with E-state index in [-0.39, 0.29) is 0 Å². The van der Waals surface area contributed by atoms with Gasteiger partial charge in [0.2, 0.25) is 0 Å². The summed E-state index contributed by atoms with van der Waals surface area (Å²) < 4.78 is 0. The monoisotopic (exact) mass is 321 g/mol. The van der Waals surface area contributed by atoms with Crippen molar-refractivity contribution in [2.24, 2.45) is 5.92 Å². The molecule has 1 aromatic heterocycles. The number of rotatable bonds is 6. The first kappa shape index (κ1) is 17.0. The highest BCUT2D eigenvalue weighted by molar-refractivity contribution is 5.72. The second-order valence-electron chi connectivity index (χ2n) is 6.89. The zero-order valence-electron chi connectivity index (χ0n) is 14.3. The molecule has 1 aromatic rings. The topological polar surface area (TPSA) is 33.1 Å². The Bertz CT molecular complexity index is 658. The highest BCUT2D eigenvalue weighted by Crippen LogP contribution is 2.29. The fourth-order valence-electron chi connectivity index (χ4n) is 3.66. The maximum absolute atomic E-state index is 10.5. The summed E-state index contributed by atoms with van der Waals surface area (Å²) >= 11 is 0. The maximum Gasteiger partial charge on any atom is 0.0791 e. The Morgan fingerprint density at radius 2 is 2.04 bits per heavy atom. The van der Waals surface area contributed by atoms with E-state index in [1.54, 1.807) is 6.20 Å². The lowest BCUT2D eigenvalue weighted by Gasteiger charge is -2.22. The third-order valence-electron chi connectivity index (χ3n) is 5.08. The number of hydrogen-bond donors (Lipinski definition) is 1. The van der Waals surface area contributed by atoms with Crippen LogP contribution in [0.1, 0.15) is 68.7 Å². The minimum absolute atomic E-state index is 0.396. The Morgan fingerprint density at radius 3 is 2.92 bits per heavy atom. The molecule has 2 aliphatic carbocycles.